The summed E-state index contributed by atoms with van der Waals surface area (Å²) in [6.07, 6.45) is 5.12. The smallest absolute Gasteiger partial charge is 0.341 e. The molecule has 7 nitrogen and oxygen atoms in total. The summed E-state index contributed by atoms with van der Waals surface area (Å²) < 4.78 is 8.31. The maximum absolute atomic E-state index is 11.8. The highest BCUT2D eigenvalue weighted by Crippen LogP contribution is 2.20. The van der Waals surface area contributed by atoms with Crippen molar-refractivity contribution in [3.05, 3.63) is 42.4 Å². The van der Waals surface area contributed by atoms with Gasteiger partial charge in [-0.2, -0.15) is 10.2 Å². The summed E-state index contributed by atoms with van der Waals surface area (Å²) in [6.45, 7) is 2.60. The Kier molecular flexibility index (Phi) is 3.88. The highest BCUT2D eigenvalue weighted by atomic mass is 16.5. The Labute approximate surface area is 126 Å². The molecule has 0 saturated heterocycles. The number of hydrogen-bond donors (Lipinski definition) is 1. The van der Waals surface area contributed by atoms with Gasteiger partial charge in [-0.15, -0.1) is 0 Å². The normalized spacial score (nSPS) is 11.0. The van der Waals surface area contributed by atoms with Gasteiger partial charge >= 0.3 is 5.97 Å². The Bertz CT molecular complexity index is 806. The maximum atomic E-state index is 11.8. The first kappa shape index (κ1) is 14.3. The Morgan fingerprint density at radius 3 is 3.00 bits per heavy atom. The molecule has 0 unspecified atom stereocenters. The Morgan fingerprint density at radius 1 is 1.36 bits per heavy atom. The number of fused-ring (bicyclic) bond motifs is 1. The first-order valence-corrected chi connectivity index (χ1v) is 7.02. The third-order valence-corrected chi connectivity index (χ3v) is 3.28. The number of carbonyl (C=O) groups is 1. The molecule has 3 heterocycles. The van der Waals surface area contributed by atoms with E-state index in [2.05, 4.69) is 10.2 Å². The van der Waals surface area contributed by atoms with Gasteiger partial charge < -0.3 is 9.84 Å². The molecule has 0 radical (unpaired) electrons. The summed E-state index contributed by atoms with van der Waals surface area (Å²) in [7, 11) is 0. The van der Waals surface area contributed by atoms with Crippen LogP contribution in [0.25, 0.3) is 16.8 Å². The van der Waals surface area contributed by atoms with E-state index in [-0.39, 0.29) is 12.6 Å². The zero-order valence-electron chi connectivity index (χ0n) is 12.1. The Balaban J connectivity index is 1.94. The second-order valence-corrected chi connectivity index (χ2v) is 4.71. The van der Waals surface area contributed by atoms with Crippen LogP contribution in [-0.4, -0.2) is 43.7 Å². The average molecular weight is 300 g/mol. The van der Waals surface area contributed by atoms with Crippen molar-refractivity contribution in [1.29, 1.82) is 0 Å². The van der Waals surface area contributed by atoms with Crippen molar-refractivity contribution < 1.29 is 14.6 Å². The monoisotopic (exact) mass is 300 g/mol. The largest absolute Gasteiger partial charge is 0.462 e. The zero-order chi connectivity index (χ0) is 15.5. The van der Waals surface area contributed by atoms with E-state index in [1.165, 1.54) is 6.20 Å². The fraction of sp³-hybridized carbons (Fsp3) is 0.267. The molecule has 3 rings (SSSR count). The van der Waals surface area contributed by atoms with Crippen LogP contribution in [0.15, 0.2) is 36.8 Å². The summed E-state index contributed by atoms with van der Waals surface area (Å²) in [5.74, 6) is -0.377. The molecule has 0 saturated carbocycles. The number of aromatic nitrogens is 4. The number of aliphatic hydroxyl groups excluding tert-OH is 1. The van der Waals surface area contributed by atoms with Crippen molar-refractivity contribution in [3.63, 3.8) is 0 Å². The molecule has 0 spiro atoms. The molecular formula is C15H16N4O3. The van der Waals surface area contributed by atoms with Crippen molar-refractivity contribution in [2.45, 2.75) is 13.5 Å². The quantitative estimate of drug-likeness (QED) is 0.720. The zero-order valence-corrected chi connectivity index (χ0v) is 12.1. The molecule has 3 aromatic rings. The number of esters is 1. The third-order valence-electron chi connectivity index (χ3n) is 3.28. The Morgan fingerprint density at radius 2 is 2.23 bits per heavy atom. The van der Waals surface area contributed by atoms with Crippen LogP contribution in [-0.2, 0) is 11.3 Å². The van der Waals surface area contributed by atoms with E-state index in [0.29, 0.717) is 24.2 Å². The van der Waals surface area contributed by atoms with Gasteiger partial charge in [0.1, 0.15) is 5.56 Å². The molecular weight excluding hydrogens is 284 g/mol. The molecule has 114 valence electrons. The number of nitrogens with zero attached hydrogens (tertiary/aromatic N) is 4. The molecule has 0 aliphatic carbocycles. The summed E-state index contributed by atoms with van der Waals surface area (Å²) >= 11 is 0. The second kappa shape index (κ2) is 5.98. The lowest BCUT2D eigenvalue weighted by Gasteiger charge is -2.02. The van der Waals surface area contributed by atoms with Gasteiger partial charge in [-0.05, 0) is 25.1 Å². The minimum absolute atomic E-state index is 0.0439. The predicted octanol–water partition coefficient (Wildman–Crippen LogP) is 1.37. The second-order valence-electron chi connectivity index (χ2n) is 4.71. The number of rotatable bonds is 5. The SMILES string of the molecule is CCOC(=O)c1cnn2cc(-c3ccn(CCO)n3)ccc12. The van der Waals surface area contributed by atoms with Crippen LogP contribution in [0.5, 0.6) is 0 Å². The van der Waals surface area contributed by atoms with Gasteiger partial charge in [-0.1, -0.05) is 0 Å². The van der Waals surface area contributed by atoms with Crippen LogP contribution < -0.4 is 0 Å². The van der Waals surface area contributed by atoms with Gasteiger partial charge in [-0.25, -0.2) is 9.31 Å². The molecule has 0 atom stereocenters. The number of hydrogen-bond acceptors (Lipinski definition) is 5. The molecule has 0 aromatic carbocycles. The maximum Gasteiger partial charge on any atom is 0.341 e. The minimum atomic E-state index is -0.377. The first-order valence-electron chi connectivity index (χ1n) is 7.02. The molecule has 0 aliphatic rings. The highest BCUT2D eigenvalue weighted by molar-refractivity contribution is 5.96. The van der Waals surface area contributed by atoms with Crippen LogP contribution in [0.2, 0.25) is 0 Å². The summed E-state index contributed by atoms with van der Waals surface area (Å²) in [6, 6.07) is 5.57. The molecule has 0 fully saturated rings. The van der Waals surface area contributed by atoms with Crippen LogP contribution in [0.4, 0.5) is 0 Å². The van der Waals surface area contributed by atoms with Crippen LogP contribution in [0.3, 0.4) is 0 Å². The molecule has 0 bridgehead atoms. The van der Waals surface area contributed by atoms with Crippen molar-refractivity contribution in [1.82, 2.24) is 19.4 Å². The first-order chi connectivity index (χ1) is 10.7. The van der Waals surface area contributed by atoms with E-state index in [4.69, 9.17) is 9.84 Å². The standard InChI is InChI=1S/C15H16N4O3/c1-2-22-15(21)12-9-16-19-10-11(3-4-14(12)19)13-5-6-18(17-13)7-8-20/h3-6,9-10,20H,2,7-8H2,1H3. The van der Waals surface area contributed by atoms with Gasteiger partial charge in [0.25, 0.3) is 0 Å². The lowest BCUT2D eigenvalue weighted by Crippen LogP contribution is -2.04. The number of carbonyl (C=O) groups excluding carboxylic acids is 1. The fourth-order valence-corrected chi connectivity index (χ4v) is 2.24. The van der Waals surface area contributed by atoms with Crippen LogP contribution >= 0.6 is 0 Å². The van der Waals surface area contributed by atoms with Gasteiger partial charge in [-0.3, -0.25) is 4.68 Å². The van der Waals surface area contributed by atoms with Crippen molar-refractivity contribution in [2.24, 2.45) is 0 Å². The van der Waals surface area contributed by atoms with E-state index in [1.54, 1.807) is 16.1 Å². The molecule has 3 aromatic heterocycles. The van der Waals surface area contributed by atoms with Gasteiger partial charge in [0.05, 0.1) is 37.2 Å². The van der Waals surface area contributed by atoms with E-state index >= 15 is 0 Å². The molecule has 0 amide bonds. The number of aliphatic hydroxyl groups is 1. The lowest BCUT2D eigenvalue weighted by molar-refractivity contribution is 0.0528. The molecule has 22 heavy (non-hydrogen) atoms. The average Bonchev–Trinajstić information content (AvgIpc) is 3.13. The molecule has 1 N–H and O–H groups in total. The number of ether oxygens (including phenoxy) is 1. The molecule has 7 heteroatoms. The minimum Gasteiger partial charge on any atom is -0.462 e. The molecule has 0 aliphatic heterocycles. The fourth-order valence-electron chi connectivity index (χ4n) is 2.24. The van der Waals surface area contributed by atoms with E-state index in [9.17, 15) is 4.79 Å². The summed E-state index contributed by atoms with van der Waals surface area (Å²) in [5, 5.41) is 17.5. The third kappa shape index (κ3) is 2.58. The predicted molar refractivity (Wildman–Crippen MR) is 79.5 cm³/mol. The van der Waals surface area contributed by atoms with E-state index in [1.807, 2.05) is 30.6 Å². The summed E-state index contributed by atoms with van der Waals surface area (Å²) in [5.41, 5.74) is 2.79. The van der Waals surface area contributed by atoms with Crippen LogP contribution in [0, 0.1) is 0 Å². The van der Waals surface area contributed by atoms with Crippen molar-refractivity contribution in [2.75, 3.05) is 13.2 Å². The number of pyridine rings is 1. The van der Waals surface area contributed by atoms with E-state index in [0.717, 1.165) is 11.3 Å². The van der Waals surface area contributed by atoms with Gasteiger partial charge in [0, 0.05) is 18.0 Å². The van der Waals surface area contributed by atoms with Crippen molar-refractivity contribution >= 4 is 11.5 Å². The lowest BCUT2D eigenvalue weighted by atomic mass is 10.2. The van der Waals surface area contributed by atoms with Gasteiger partial charge in [0.2, 0.25) is 0 Å². The summed E-state index contributed by atoms with van der Waals surface area (Å²) in [4.78, 5) is 11.8. The Hall–Kier alpha value is -2.67. The van der Waals surface area contributed by atoms with Crippen molar-refractivity contribution in [3.8, 4) is 11.3 Å². The van der Waals surface area contributed by atoms with E-state index < -0.39 is 0 Å². The van der Waals surface area contributed by atoms with Gasteiger partial charge in [0.15, 0.2) is 0 Å². The topological polar surface area (TPSA) is 81.6 Å². The highest BCUT2D eigenvalue weighted by Gasteiger charge is 2.14. The van der Waals surface area contributed by atoms with Crippen LogP contribution in [0.1, 0.15) is 17.3 Å².